The average molecular weight is 314 g/mol. The number of rotatable bonds is 0. The zero-order chi connectivity index (χ0) is 2.00. The van der Waals surface area contributed by atoms with Crippen LogP contribution in [0, 0.1) is 0 Å². The summed E-state index contributed by atoms with van der Waals surface area (Å²) >= 11 is 0. The fourth-order valence-electron chi connectivity index (χ4n) is 0. The summed E-state index contributed by atoms with van der Waals surface area (Å²) in [6.45, 7) is 0. The van der Waals surface area contributed by atoms with Crippen molar-refractivity contribution in [1.82, 2.24) is 0 Å². The molecule has 0 nitrogen and oxygen atoms in total. The molecular formula is H7CuPSiSnZn. The van der Waals surface area contributed by atoms with Crippen molar-refractivity contribution in [2.45, 2.75) is 0 Å². The topological polar surface area (TPSA) is 0 Å². The van der Waals surface area contributed by atoms with Gasteiger partial charge in [-0.1, -0.05) is 0 Å². The van der Waals surface area contributed by atoms with E-state index in [9.17, 15) is 0 Å². The van der Waals surface area contributed by atoms with Crippen LogP contribution in [0.15, 0.2) is 0 Å². The largest absolute Gasteiger partial charge is 0 e. The molecule has 0 N–H and O–H groups in total. The monoisotopic (exact) mass is 313 g/mol. The Labute approximate surface area is 78.3 Å². The summed E-state index contributed by atoms with van der Waals surface area (Å²) in [4.78, 5) is 0. The molecular weight excluding hydrogens is 307 g/mol. The summed E-state index contributed by atoms with van der Waals surface area (Å²) in [7, 11) is 3.78. The summed E-state index contributed by atoms with van der Waals surface area (Å²) in [5.41, 5.74) is 0. The van der Waals surface area contributed by atoms with E-state index >= 15 is 0 Å². The standard InChI is InChI=1S/Cu.H5PSi.Sn.Zn.2H/c;1-2;;;;/h;1H2,2H3;;;;. The van der Waals surface area contributed by atoms with Gasteiger partial charge in [0.1, 0.15) is 0 Å². The maximum atomic E-state index is 2.56. The van der Waals surface area contributed by atoms with Gasteiger partial charge in [0.25, 0.3) is 0 Å². The van der Waals surface area contributed by atoms with Gasteiger partial charge < -0.3 is 0 Å². The first-order chi connectivity index (χ1) is 1.00. The Morgan fingerprint density at radius 3 is 1.20 bits per heavy atom. The van der Waals surface area contributed by atoms with Crippen molar-refractivity contribution in [1.29, 1.82) is 0 Å². The summed E-state index contributed by atoms with van der Waals surface area (Å²) in [5.74, 6) is 0. The maximum Gasteiger partial charge on any atom is 0 e. The van der Waals surface area contributed by atoms with Crippen molar-refractivity contribution in [3.63, 3.8) is 0 Å². The average Bonchev–Trinajstić information content (AvgIpc) is 1.00. The molecule has 5 heavy (non-hydrogen) atoms. The SMILES string of the molecule is [Cu].[SiH3]P.[SnH2].[Zn]. The quantitative estimate of drug-likeness (QED) is 0.366. The van der Waals surface area contributed by atoms with Crippen LogP contribution < -0.4 is 0 Å². The molecule has 0 aliphatic carbocycles. The predicted octanol–water partition coefficient (Wildman–Crippen LogP) is -1.78. The molecule has 0 spiro atoms. The van der Waals surface area contributed by atoms with E-state index < -0.39 is 0 Å². The smallest absolute Gasteiger partial charge is 0 e. The molecule has 0 aliphatic rings. The van der Waals surface area contributed by atoms with Crippen molar-refractivity contribution >= 4 is 42.6 Å². The molecule has 0 amide bonds. The van der Waals surface area contributed by atoms with E-state index in [1.54, 1.807) is 0 Å². The second kappa shape index (κ2) is 30.7. The first-order valence-corrected chi connectivity index (χ1v) is 5.20. The molecule has 3 radical (unpaired) electrons. The van der Waals surface area contributed by atoms with Crippen molar-refractivity contribution in [2.75, 3.05) is 0 Å². The van der Waals surface area contributed by atoms with Gasteiger partial charge >= 0.3 is 23.9 Å². The molecule has 0 aromatic carbocycles. The minimum Gasteiger partial charge on any atom is 0 e. The van der Waals surface area contributed by atoms with Gasteiger partial charge in [0.15, 0.2) is 0 Å². The second-order valence-electron chi connectivity index (χ2n) is 0. The van der Waals surface area contributed by atoms with Gasteiger partial charge in [-0.25, -0.2) is 0 Å². The van der Waals surface area contributed by atoms with Crippen LogP contribution in [-0.2, 0) is 36.5 Å². The molecule has 0 saturated heterocycles. The molecule has 0 aromatic rings. The Morgan fingerprint density at radius 1 is 1.20 bits per heavy atom. The van der Waals surface area contributed by atoms with E-state index in [-0.39, 0.29) is 60.5 Å². The molecule has 0 fully saturated rings. The summed E-state index contributed by atoms with van der Waals surface area (Å²) in [6.07, 6.45) is 0. The van der Waals surface area contributed by atoms with E-state index in [1.165, 1.54) is 9.91 Å². The van der Waals surface area contributed by atoms with Gasteiger partial charge in [-0.15, -0.1) is 0 Å². The van der Waals surface area contributed by atoms with Crippen molar-refractivity contribution in [3.05, 3.63) is 0 Å². The molecule has 0 saturated carbocycles. The summed E-state index contributed by atoms with van der Waals surface area (Å²) in [6, 6.07) is 0. The maximum absolute atomic E-state index is 2.56. The van der Waals surface area contributed by atoms with Crippen molar-refractivity contribution in [2.24, 2.45) is 0 Å². The third kappa shape index (κ3) is 20.7. The van der Waals surface area contributed by atoms with E-state index in [0.717, 1.165) is 0 Å². The molecule has 0 bridgehead atoms. The minimum atomic E-state index is 0. The van der Waals surface area contributed by atoms with E-state index in [2.05, 4.69) is 8.79 Å². The van der Waals surface area contributed by atoms with Crippen LogP contribution in [0.3, 0.4) is 0 Å². The molecule has 0 aliphatic heterocycles. The van der Waals surface area contributed by atoms with E-state index in [0.29, 0.717) is 0 Å². The molecule has 1 atom stereocenters. The van der Waals surface area contributed by atoms with Crippen molar-refractivity contribution < 1.29 is 36.5 Å². The van der Waals surface area contributed by atoms with E-state index in [4.69, 9.17) is 0 Å². The minimum absolute atomic E-state index is 0. The van der Waals surface area contributed by atoms with Gasteiger partial charge in [-0.3, -0.25) is 0 Å². The third-order valence-corrected chi connectivity index (χ3v) is 0. The number of hydrogen-bond donors (Lipinski definition) is 0. The molecule has 1 unspecified atom stereocenters. The molecule has 0 rings (SSSR count). The molecule has 5 heteroatoms. The van der Waals surface area contributed by atoms with Gasteiger partial charge in [-0.2, -0.15) is 8.79 Å². The van der Waals surface area contributed by atoms with Crippen LogP contribution in [0.25, 0.3) is 0 Å². The predicted molar refractivity (Wildman–Crippen MR) is 28.2 cm³/mol. The van der Waals surface area contributed by atoms with E-state index in [1.807, 2.05) is 0 Å². The Balaban J connectivity index is -0.00000000167. The summed E-state index contributed by atoms with van der Waals surface area (Å²) < 4.78 is 0. The summed E-state index contributed by atoms with van der Waals surface area (Å²) in [5, 5.41) is 0. The fourth-order valence-corrected chi connectivity index (χ4v) is 0. The Kier molecular flexibility index (Phi) is 157. The van der Waals surface area contributed by atoms with Gasteiger partial charge in [0, 0.05) is 46.5 Å². The van der Waals surface area contributed by atoms with Gasteiger partial charge in [0.2, 0.25) is 0 Å². The Bertz CT molecular complexity index is 11.6. The van der Waals surface area contributed by atoms with Crippen molar-refractivity contribution in [3.8, 4) is 0 Å². The van der Waals surface area contributed by atoms with Crippen LogP contribution in [0.1, 0.15) is 0 Å². The molecule has 33 valence electrons. The normalized spacial score (nSPS) is 1.80. The van der Waals surface area contributed by atoms with Gasteiger partial charge in [-0.05, 0) is 0 Å². The zero-order valence-corrected chi connectivity index (χ0v) is 14.4. The first kappa shape index (κ1) is 25.6. The Hall–Kier alpha value is 2.59. The van der Waals surface area contributed by atoms with Crippen LogP contribution in [0.2, 0.25) is 0 Å². The van der Waals surface area contributed by atoms with Crippen LogP contribution in [-0.4, -0.2) is 33.8 Å². The third-order valence-electron chi connectivity index (χ3n) is 0. The number of hydrogen-bond acceptors (Lipinski definition) is 0. The molecule has 0 heterocycles. The fraction of sp³-hybridized carbons (Fsp3) is 0. The zero-order valence-electron chi connectivity index (χ0n) is 3.29. The van der Waals surface area contributed by atoms with Crippen LogP contribution in [0.5, 0.6) is 0 Å². The second-order valence-corrected chi connectivity index (χ2v) is 0. The van der Waals surface area contributed by atoms with Gasteiger partial charge in [0.05, 0.1) is 0 Å². The Morgan fingerprint density at radius 2 is 1.20 bits per heavy atom. The first-order valence-electron chi connectivity index (χ1n) is 0.577. The van der Waals surface area contributed by atoms with Crippen LogP contribution >= 0.6 is 8.79 Å². The van der Waals surface area contributed by atoms with Crippen LogP contribution in [0.4, 0.5) is 0 Å². The molecule has 0 aromatic heterocycles.